The van der Waals surface area contributed by atoms with Gasteiger partial charge in [-0.25, -0.2) is 0 Å². The first-order chi connectivity index (χ1) is 7.50. The van der Waals surface area contributed by atoms with E-state index >= 15 is 0 Å². The molecule has 7 heteroatoms. The first kappa shape index (κ1) is 21.8. The van der Waals surface area contributed by atoms with E-state index in [0.717, 1.165) is 63.8 Å². The molecule has 0 spiro atoms. The van der Waals surface area contributed by atoms with Gasteiger partial charge in [-0.2, -0.15) is 0 Å². The zero-order valence-electron chi connectivity index (χ0n) is 8.70. The third kappa shape index (κ3) is 16.5. The Kier molecular flexibility index (Phi) is 23.8. The summed E-state index contributed by atoms with van der Waals surface area (Å²) in [7, 11) is 0. The third-order valence-electron chi connectivity index (χ3n) is 1.63. The first-order valence-electron chi connectivity index (χ1n) is 5.07. The molecule has 0 unspecified atom stereocenters. The monoisotopic (exact) mass is 574 g/mol. The predicted molar refractivity (Wildman–Crippen MR) is 87.2 cm³/mol. The molecule has 2 fully saturated rings. The van der Waals surface area contributed by atoms with Crippen molar-refractivity contribution in [3.8, 4) is 0 Å². The molecule has 106 valence electrons. The van der Waals surface area contributed by atoms with Gasteiger partial charge < -0.3 is 0 Å². The van der Waals surface area contributed by atoms with E-state index in [2.05, 4.69) is 10.6 Å². The van der Waals surface area contributed by atoms with Crippen LogP contribution in [-0.4, -0.2) is 90.0 Å². The Bertz CT molecular complexity index is 96.2. The quantitative estimate of drug-likeness (QED) is 0.413. The average molecular weight is 569 g/mol. The standard InChI is InChI=1S/C4H9NSe3.C4H9NSe2.2CH4/c1-3-6-8-7-4-2-5-1;1-3-6-7-4-2-5-1;;/h5H,1-4H2;5H,1-4H2;2*1H4. The second-order valence-corrected chi connectivity index (χ2v) is 28.0. The van der Waals surface area contributed by atoms with E-state index in [4.69, 9.17) is 0 Å². The SMILES string of the molecule is C.C.C1C[Se][Se]CCN1.C1C[Se][Se][Se]CCN1. The van der Waals surface area contributed by atoms with E-state index in [9.17, 15) is 0 Å². The van der Waals surface area contributed by atoms with Crippen LogP contribution in [0.15, 0.2) is 0 Å². The topological polar surface area (TPSA) is 24.1 Å². The molecule has 0 bridgehead atoms. The fourth-order valence-electron chi connectivity index (χ4n) is 0.925. The normalized spacial score (nSPS) is 21.2. The molecule has 0 aliphatic carbocycles. The molecule has 0 radical (unpaired) electrons. The van der Waals surface area contributed by atoms with Gasteiger partial charge in [0.25, 0.3) is 0 Å². The maximum atomic E-state index is 3.43. The summed E-state index contributed by atoms with van der Waals surface area (Å²) in [6.07, 6.45) is 0. The molecule has 0 aromatic heterocycles. The minimum absolute atomic E-state index is 0. The molecule has 0 aromatic carbocycles. The number of hydrogen-bond acceptors (Lipinski definition) is 2. The van der Waals surface area contributed by atoms with Crippen LogP contribution in [0, 0.1) is 0 Å². The summed E-state index contributed by atoms with van der Waals surface area (Å²) >= 11 is 5.30. The van der Waals surface area contributed by atoms with Crippen molar-refractivity contribution in [2.45, 2.75) is 36.1 Å². The van der Waals surface area contributed by atoms with Gasteiger partial charge in [-0.05, 0) is 0 Å². The Hall–Kier alpha value is 2.52. The van der Waals surface area contributed by atoms with Crippen LogP contribution in [0.3, 0.4) is 0 Å². The molecule has 2 nitrogen and oxygen atoms in total. The molecular weight excluding hydrogens is 543 g/mol. The van der Waals surface area contributed by atoms with Gasteiger partial charge in [-0.3, -0.25) is 0 Å². The molecule has 2 N–H and O–H groups in total. The Morgan fingerprint density at radius 2 is 0.882 bits per heavy atom. The van der Waals surface area contributed by atoms with E-state index < -0.39 is 0 Å². The summed E-state index contributed by atoms with van der Waals surface area (Å²) < 4.78 is 0. The van der Waals surface area contributed by atoms with Crippen LogP contribution in [-0.2, 0) is 0 Å². The zero-order chi connectivity index (χ0) is 10.6. The molecular formula is C10H26N2Se5. The molecule has 2 heterocycles. The molecule has 2 saturated heterocycles. The Labute approximate surface area is 135 Å². The van der Waals surface area contributed by atoms with Crippen LogP contribution >= 0.6 is 0 Å². The fraction of sp³-hybridized carbons (Fsp3) is 1.00. The van der Waals surface area contributed by atoms with Gasteiger partial charge >= 0.3 is 122 Å². The minimum atomic E-state index is 0. The maximum absolute atomic E-state index is 3.43. The van der Waals surface area contributed by atoms with Gasteiger partial charge in [0, 0.05) is 0 Å². The van der Waals surface area contributed by atoms with Gasteiger partial charge in [-0.15, -0.1) is 0 Å². The van der Waals surface area contributed by atoms with Crippen molar-refractivity contribution in [2.24, 2.45) is 0 Å². The molecule has 2 aliphatic heterocycles. The van der Waals surface area contributed by atoms with Crippen molar-refractivity contribution >= 4 is 63.8 Å². The van der Waals surface area contributed by atoms with Crippen molar-refractivity contribution < 1.29 is 0 Å². The van der Waals surface area contributed by atoms with Crippen molar-refractivity contribution in [1.29, 1.82) is 0 Å². The molecule has 0 saturated carbocycles. The summed E-state index contributed by atoms with van der Waals surface area (Å²) in [5.74, 6) is 0. The van der Waals surface area contributed by atoms with Gasteiger partial charge in [0.05, 0.1) is 0 Å². The third-order valence-corrected chi connectivity index (χ3v) is 27.6. The van der Waals surface area contributed by atoms with Crippen LogP contribution in [0.25, 0.3) is 0 Å². The molecule has 0 amide bonds. The Morgan fingerprint density at radius 1 is 0.529 bits per heavy atom. The van der Waals surface area contributed by atoms with E-state index in [1.54, 1.807) is 0 Å². The van der Waals surface area contributed by atoms with E-state index in [1.807, 2.05) is 0 Å². The molecule has 0 atom stereocenters. The van der Waals surface area contributed by atoms with Crippen molar-refractivity contribution in [1.82, 2.24) is 10.6 Å². The van der Waals surface area contributed by atoms with Crippen LogP contribution in [0.2, 0.25) is 21.3 Å². The molecule has 17 heavy (non-hydrogen) atoms. The van der Waals surface area contributed by atoms with E-state index in [0.29, 0.717) is 0 Å². The summed E-state index contributed by atoms with van der Waals surface area (Å²) in [4.78, 5) is 0. The van der Waals surface area contributed by atoms with Crippen LogP contribution in [0.1, 0.15) is 14.9 Å². The van der Waals surface area contributed by atoms with Crippen LogP contribution in [0.5, 0.6) is 0 Å². The molecule has 2 rings (SSSR count). The Balaban J connectivity index is 0. The fourth-order valence-corrected chi connectivity index (χ4v) is 23.8. The van der Waals surface area contributed by atoms with Gasteiger partial charge in [0.15, 0.2) is 0 Å². The molecule has 2 aliphatic rings. The zero-order valence-corrected chi connectivity index (χ0v) is 17.3. The number of rotatable bonds is 0. The van der Waals surface area contributed by atoms with Crippen molar-refractivity contribution in [3.63, 3.8) is 0 Å². The van der Waals surface area contributed by atoms with E-state index in [-0.39, 0.29) is 14.9 Å². The van der Waals surface area contributed by atoms with Gasteiger partial charge in [-0.1, -0.05) is 14.9 Å². The van der Waals surface area contributed by atoms with E-state index in [1.165, 1.54) is 47.5 Å². The summed E-state index contributed by atoms with van der Waals surface area (Å²) in [6, 6.07) is 0. The second kappa shape index (κ2) is 18.5. The molecule has 0 aromatic rings. The van der Waals surface area contributed by atoms with Crippen molar-refractivity contribution in [2.75, 3.05) is 26.2 Å². The number of hydrogen-bond donors (Lipinski definition) is 2. The van der Waals surface area contributed by atoms with Crippen molar-refractivity contribution in [3.05, 3.63) is 0 Å². The summed E-state index contributed by atoms with van der Waals surface area (Å²) in [5.41, 5.74) is 0. The van der Waals surface area contributed by atoms with Crippen LogP contribution in [0.4, 0.5) is 0 Å². The van der Waals surface area contributed by atoms with Crippen LogP contribution < -0.4 is 10.6 Å². The second-order valence-electron chi connectivity index (χ2n) is 2.86. The first-order valence-corrected chi connectivity index (χ1v) is 22.9. The summed E-state index contributed by atoms with van der Waals surface area (Å²) in [6.45, 7) is 5.19. The Morgan fingerprint density at radius 3 is 1.29 bits per heavy atom. The predicted octanol–water partition coefficient (Wildman–Crippen LogP) is 0.391. The van der Waals surface area contributed by atoms with Gasteiger partial charge in [0.1, 0.15) is 0 Å². The number of nitrogens with one attached hydrogen (secondary N) is 2. The summed E-state index contributed by atoms with van der Waals surface area (Å²) in [5, 5.41) is 12.8. The van der Waals surface area contributed by atoms with Gasteiger partial charge in [0.2, 0.25) is 0 Å². The average Bonchev–Trinajstić information content (AvgIpc) is 2.48.